The van der Waals surface area contributed by atoms with E-state index in [-0.39, 0.29) is 5.91 Å². The number of aromatic nitrogens is 4. The normalized spacial score (nSPS) is 11.1. The Morgan fingerprint density at radius 3 is 2.81 bits per heavy atom. The number of nitrogens with one attached hydrogen (secondary N) is 2. The second kappa shape index (κ2) is 8.96. The number of aryl methyl sites for hydroxylation is 2. The highest BCUT2D eigenvalue weighted by Crippen LogP contribution is 2.22. The maximum atomic E-state index is 12.5. The Labute approximate surface area is 163 Å². The van der Waals surface area contributed by atoms with Gasteiger partial charge < -0.3 is 10.6 Å². The first kappa shape index (κ1) is 19.3. The van der Waals surface area contributed by atoms with Crippen molar-refractivity contribution in [2.24, 2.45) is 0 Å². The molecule has 3 aromatic rings. The molecular weight excluding hydrogens is 360 g/mol. The van der Waals surface area contributed by atoms with E-state index in [1.165, 1.54) is 11.8 Å². The van der Waals surface area contributed by atoms with Crippen LogP contribution < -0.4 is 10.6 Å². The van der Waals surface area contributed by atoms with E-state index in [9.17, 15) is 4.79 Å². The summed E-state index contributed by atoms with van der Waals surface area (Å²) in [5.74, 6) is 1.18. The van der Waals surface area contributed by atoms with Crippen molar-refractivity contribution in [3.8, 4) is 0 Å². The van der Waals surface area contributed by atoms with Gasteiger partial charge in [0.25, 0.3) is 11.7 Å². The Morgan fingerprint density at radius 1 is 1.19 bits per heavy atom. The Bertz CT molecular complexity index is 939. The largest absolute Gasteiger partial charge is 0.352 e. The Morgan fingerprint density at radius 2 is 2.00 bits per heavy atom. The van der Waals surface area contributed by atoms with Crippen molar-refractivity contribution >= 4 is 23.4 Å². The van der Waals surface area contributed by atoms with Gasteiger partial charge in [0.2, 0.25) is 5.16 Å². The Balaban J connectivity index is 1.69. The highest BCUT2D eigenvalue weighted by Gasteiger charge is 2.13. The van der Waals surface area contributed by atoms with Crippen molar-refractivity contribution in [1.82, 2.24) is 30.2 Å². The van der Waals surface area contributed by atoms with Gasteiger partial charge >= 0.3 is 0 Å². The molecule has 7 nitrogen and oxygen atoms in total. The molecule has 0 radical (unpaired) electrons. The molecular formula is C19H24N6OS. The van der Waals surface area contributed by atoms with Crippen LogP contribution in [0.5, 0.6) is 0 Å². The van der Waals surface area contributed by atoms with Crippen molar-refractivity contribution in [3.63, 3.8) is 0 Å². The summed E-state index contributed by atoms with van der Waals surface area (Å²) >= 11 is 1.50. The fourth-order valence-corrected chi connectivity index (χ4v) is 3.60. The average Bonchev–Trinajstić information content (AvgIpc) is 3.07. The molecule has 142 valence electrons. The Kier molecular flexibility index (Phi) is 6.41. The summed E-state index contributed by atoms with van der Waals surface area (Å²) in [5, 5.41) is 11.2. The number of fused-ring (bicyclic) bond motifs is 1. The van der Waals surface area contributed by atoms with Crippen LogP contribution in [-0.2, 0) is 5.75 Å². The van der Waals surface area contributed by atoms with E-state index in [2.05, 4.69) is 25.7 Å². The van der Waals surface area contributed by atoms with Crippen molar-refractivity contribution < 1.29 is 4.79 Å². The number of amides is 1. The second-order valence-corrected chi connectivity index (χ2v) is 7.25. The average molecular weight is 385 g/mol. The van der Waals surface area contributed by atoms with Crippen molar-refractivity contribution in [1.29, 1.82) is 0 Å². The van der Waals surface area contributed by atoms with Crippen molar-refractivity contribution in [2.75, 3.05) is 20.1 Å². The van der Waals surface area contributed by atoms with Crippen LogP contribution in [-0.4, -0.2) is 45.6 Å². The summed E-state index contributed by atoms with van der Waals surface area (Å²) in [7, 11) is 1.90. The van der Waals surface area contributed by atoms with Crippen LogP contribution in [0.1, 0.15) is 33.7 Å². The summed E-state index contributed by atoms with van der Waals surface area (Å²) in [6.07, 6.45) is 0.899. The van der Waals surface area contributed by atoms with Gasteiger partial charge in [0, 0.05) is 29.2 Å². The Hall–Kier alpha value is -2.45. The molecule has 0 aliphatic rings. The number of thioether (sulfide) groups is 1. The molecule has 0 atom stereocenters. The molecule has 2 N–H and O–H groups in total. The monoisotopic (exact) mass is 384 g/mol. The van der Waals surface area contributed by atoms with Gasteiger partial charge in [-0.2, -0.15) is 4.98 Å². The summed E-state index contributed by atoms with van der Waals surface area (Å²) in [6, 6.07) is 9.63. The molecule has 2 heterocycles. The van der Waals surface area contributed by atoms with Crippen LogP contribution in [0.3, 0.4) is 0 Å². The molecule has 0 saturated heterocycles. The lowest BCUT2D eigenvalue weighted by atomic mass is 10.1. The fourth-order valence-electron chi connectivity index (χ4n) is 2.78. The lowest BCUT2D eigenvalue weighted by Crippen LogP contribution is -2.27. The maximum Gasteiger partial charge on any atom is 0.253 e. The quantitative estimate of drug-likeness (QED) is 0.458. The first-order chi connectivity index (χ1) is 13.1. The van der Waals surface area contributed by atoms with Gasteiger partial charge in [-0.15, -0.1) is 5.10 Å². The highest BCUT2D eigenvalue weighted by molar-refractivity contribution is 7.98. The molecule has 8 heteroatoms. The molecule has 2 aromatic heterocycles. The van der Waals surface area contributed by atoms with Crippen LogP contribution in [0.15, 0.2) is 35.5 Å². The second-order valence-electron chi connectivity index (χ2n) is 6.30. The van der Waals surface area contributed by atoms with Gasteiger partial charge in [-0.05, 0) is 51.6 Å². The maximum absolute atomic E-state index is 12.5. The van der Waals surface area contributed by atoms with Crippen LogP contribution in [0, 0.1) is 13.8 Å². The lowest BCUT2D eigenvalue weighted by molar-refractivity contribution is 0.0952. The molecule has 27 heavy (non-hydrogen) atoms. The predicted molar refractivity (Wildman–Crippen MR) is 107 cm³/mol. The third-order valence-electron chi connectivity index (χ3n) is 4.11. The van der Waals surface area contributed by atoms with Crippen molar-refractivity contribution in [2.45, 2.75) is 31.2 Å². The van der Waals surface area contributed by atoms with E-state index in [0.29, 0.717) is 28.8 Å². The standard InChI is InChI=1S/C19H24N6OS/c1-13-11-14(2)25-18(22-13)23-19(24-25)27-12-15-7-4-5-8-16(15)17(26)21-10-6-9-20-3/h4-5,7-8,11,20H,6,9-10,12H2,1-3H3,(H,21,26). The van der Waals surface area contributed by atoms with Crippen LogP contribution >= 0.6 is 11.8 Å². The zero-order valence-electron chi connectivity index (χ0n) is 15.8. The highest BCUT2D eigenvalue weighted by atomic mass is 32.2. The van der Waals surface area contributed by atoms with Gasteiger partial charge in [0.05, 0.1) is 0 Å². The van der Waals surface area contributed by atoms with E-state index in [0.717, 1.165) is 29.9 Å². The van der Waals surface area contributed by atoms with E-state index < -0.39 is 0 Å². The van der Waals surface area contributed by atoms with Crippen LogP contribution in [0.4, 0.5) is 0 Å². The predicted octanol–water partition coefficient (Wildman–Crippen LogP) is 2.37. The minimum atomic E-state index is -0.0431. The van der Waals surface area contributed by atoms with E-state index in [4.69, 9.17) is 0 Å². The number of carbonyl (C=O) groups is 1. The molecule has 0 aliphatic carbocycles. The summed E-state index contributed by atoms with van der Waals surface area (Å²) in [6.45, 7) is 5.46. The number of nitrogens with zero attached hydrogens (tertiary/aromatic N) is 4. The van der Waals surface area contributed by atoms with Gasteiger partial charge in [0.15, 0.2) is 0 Å². The number of benzene rings is 1. The molecule has 0 saturated carbocycles. The van der Waals surface area contributed by atoms with Gasteiger partial charge in [-0.25, -0.2) is 9.50 Å². The molecule has 0 spiro atoms. The van der Waals surface area contributed by atoms with Gasteiger partial charge in [0.1, 0.15) is 0 Å². The van der Waals surface area contributed by atoms with Crippen LogP contribution in [0.25, 0.3) is 5.78 Å². The van der Waals surface area contributed by atoms with Crippen LogP contribution in [0.2, 0.25) is 0 Å². The zero-order valence-corrected chi connectivity index (χ0v) is 16.6. The third kappa shape index (κ3) is 4.84. The molecule has 0 aliphatic heterocycles. The van der Waals surface area contributed by atoms with E-state index >= 15 is 0 Å². The molecule has 0 unspecified atom stereocenters. The number of rotatable bonds is 8. The molecule has 0 bridgehead atoms. The number of hydrogen-bond acceptors (Lipinski definition) is 6. The van der Waals surface area contributed by atoms with Gasteiger partial charge in [-0.1, -0.05) is 30.0 Å². The third-order valence-corrected chi connectivity index (χ3v) is 4.99. The molecule has 3 rings (SSSR count). The SMILES string of the molecule is CNCCCNC(=O)c1ccccc1CSc1nc2nc(C)cc(C)n2n1. The smallest absolute Gasteiger partial charge is 0.253 e. The molecule has 1 amide bonds. The minimum absolute atomic E-state index is 0.0431. The van der Waals surface area contributed by atoms with E-state index in [1.807, 2.05) is 51.2 Å². The first-order valence-corrected chi connectivity index (χ1v) is 9.91. The molecule has 0 fully saturated rings. The number of carbonyl (C=O) groups excluding carboxylic acids is 1. The van der Waals surface area contributed by atoms with Crippen molar-refractivity contribution in [3.05, 3.63) is 52.8 Å². The summed E-state index contributed by atoms with van der Waals surface area (Å²) < 4.78 is 1.75. The molecule has 1 aromatic carbocycles. The number of hydrogen-bond donors (Lipinski definition) is 2. The lowest BCUT2D eigenvalue weighted by Gasteiger charge is -2.09. The minimum Gasteiger partial charge on any atom is -0.352 e. The summed E-state index contributed by atoms with van der Waals surface area (Å²) in [4.78, 5) is 21.4. The zero-order chi connectivity index (χ0) is 19.2. The van der Waals surface area contributed by atoms with E-state index in [1.54, 1.807) is 4.52 Å². The summed E-state index contributed by atoms with van der Waals surface area (Å²) in [5.41, 5.74) is 3.58. The van der Waals surface area contributed by atoms with Gasteiger partial charge in [-0.3, -0.25) is 4.79 Å². The topological polar surface area (TPSA) is 84.2 Å². The first-order valence-electron chi connectivity index (χ1n) is 8.93. The fraction of sp³-hybridized carbons (Fsp3) is 0.368.